The summed E-state index contributed by atoms with van der Waals surface area (Å²) >= 11 is 3.39. The van der Waals surface area contributed by atoms with Gasteiger partial charge in [-0.15, -0.1) is 0 Å². The summed E-state index contributed by atoms with van der Waals surface area (Å²) in [6.45, 7) is 3.37. The van der Waals surface area contributed by atoms with Gasteiger partial charge in [0.25, 0.3) is 5.79 Å². The Morgan fingerprint density at radius 1 is 1.00 bits per heavy atom. The summed E-state index contributed by atoms with van der Waals surface area (Å²) in [6, 6.07) is 14.9. The lowest BCUT2D eigenvalue weighted by atomic mass is 10.1. The lowest BCUT2D eigenvalue weighted by Gasteiger charge is -2.29. The van der Waals surface area contributed by atoms with E-state index in [4.69, 9.17) is 14.2 Å². The average molecular weight is 417 g/mol. The van der Waals surface area contributed by atoms with E-state index in [0.717, 1.165) is 10.0 Å². The normalized spacial score (nSPS) is 15.9. The van der Waals surface area contributed by atoms with Crippen LogP contribution in [-0.4, -0.2) is 17.7 Å². The van der Waals surface area contributed by atoms with Gasteiger partial charge in [0.1, 0.15) is 17.9 Å². The van der Waals surface area contributed by atoms with Gasteiger partial charge in [-0.1, -0.05) is 46.3 Å². The van der Waals surface area contributed by atoms with Gasteiger partial charge in [-0.25, -0.2) is 9.59 Å². The molecule has 1 fully saturated rings. The zero-order valence-corrected chi connectivity index (χ0v) is 15.9. The topological polar surface area (TPSA) is 61.8 Å². The van der Waals surface area contributed by atoms with E-state index >= 15 is 0 Å². The zero-order chi connectivity index (χ0) is 18.7. The molecule has 134 valence electrons. The summed E-state index contributed by atoms with van der Waals surface area (Å²) in [6.07, 6.45) is 1.43. The minimum atomic E-state index is -1.26. The molecule has 0 radical (unpaired) electrons. The van der Waals surface area contributed by atoms with Crippen LogP contribution in [0.15, 0.2) is 58.6 Å². The number of para-hydroxylation sites is 1. The third kappa shape index (κ3) is 4.32. The van der Waals surface area contributed by atoms with Crippen molar-refractivity contribution < 1.29 is 23.8 Å². The number of hydrogen-bond donors (Lipinski definition) is 0. The van der Waals surface area contributed by atoms with Crippen LogP contribution < -0.4 is 4.74 Å². The molecule has 0 spiro atoms. The van der Waals surface area contributed by atoms with Crippen molar-refractivity contribution in [2.45, 2.75) is 26.2 Å². The van der Waals surface area contributed by atoms with Gasteiger partial charge in [-0.3, -0.25) is 0 Å². The van der Waals surface area contributed by atoms with E-state index in [1.54, 1.807) is 18.2 Å². The quantitative estimate of drug-likeness (QED) is 0.423. The van der Waals surface area contributed by atoms with Gasteiger partial charge in [-0.2, -0.15) is 0 Å². The number of carbonyl (C=O) groups is 2. The van der Waals surface area contributed by atoms with Gasteiger partial charge in [0.2, 0.25) is 0 Å². The molecule has 1 saturated heterocycles. The van der Waals surface area contributed by atoms with Crippen LogP contribution >= 0.6 is 15.9 Å². The molecule has 6 heteroatoms. The molecular formula is C20H17BrO5. The fraction of sp³-hybridized carbons (Fsp3) is 0.200. The number of carbonyl (C=O) groups excluding carboxylic acids is 2. The SMILES string of the molecule is CC1(C)OC(=O)C(=Cc2ccccc2OCc2ccc(Br)cc2)C(=O)O1. The molecule has 0 saturated carbocycles. The van der Waals surface area contributed by atoms with E-state index in [1.165, 1.54) is 19.9 Å². The molecular weight excluding hydrogens is 400 g/mol. The number of halogens is 1. The molecule has 0 unspecified atom stereocenters. The first kappa shape index (κ1) is 18.2. The highest BCUT2D eigenvalue weighted by Crippen LogP contribution is 2.27. The fourth-order valence-electron chi connectivity index (χ4n) is 2.41. The van der Waals surface area contributed by atoms with Crippen molar-refractivity contribution in [2.24, 2.45) is 0 Å². The van der Waals surface area contributed by atoms with E-state index in [9.17, 15) is 9.59 Å². The van der Waals surface area contributed by atoms with Gasteiger partial charge in [0.15, 0.2) is 0 Å². The molecule has 3 rings (SSSR count). The predicted molar refractivity (Wildman–Crippen MR) is 99.2 cm³/mol. The Labute approximate surface area is 159 Å². The molecule has 1 aliphatic rings. The van der Waals surface area contributed by atoms with Crippen LogP contribution in [0.5, 0.6) is 5.75 Å². The molecule has 0 aliphatic carbocycles. The van der Waals surface area contributed by atoms with Crippen LogP contribution in [0.1, 0.15) is 25.0 Å². The predicted octanol–water partition coefficient (Wildman–Crippen LogP) is 4.25. The van der Waals surface area contributed by atoms with Crippen LogP contribution in [0.2, 0.25) is 0 Å². The molecule has 0 bridgehead atoms. The Balaban J connectivity index is 1.82. The van der Waals surface area contributed by atoms with Crippen LogP contribution in [0.3, 0.4) is 0 Å². The highest BCUT2D eigenvalue weighted by Gasteiger charge is 2.38. The number of cyclic esters (lactones) is 2. The van der Waals surface area contributed by atoms with Crippen molar-refractivity contribution in [3.8, 4) is 5.75 Å². The maximum absolute atomic E-state index is 12.1. The summed E-state index contributed by atoms with van der Waals surface area (Å²) in [5, 5.41) is 0. The first-order chi connectivity index (χ1) is 12.3. The number of esters is 2. The first-order valence-corrected chi connectivity index (χ1v) is 8.78. The summed E-state index contributed by atoms with van der Waals surface area (Å²) in [7, 11) is 0. The van der Waals surface area contributed by atoms with Gasteiger partial charge in [-0.05, 0) is 29.8 Å². The molecule has 2 aromatic carbocycles. The third-order valence-electron chi connectivity index (χ3n) is 3.64. The first-order valence-electron chi connectivity index (χ1n) is 7.99. The Morgan fingerprint density at radius 2 is 1.62 bits per heavy atom. The van der Waals surface area contributed by atoms with Crippen molar-refractivity contribution in [3.63, 3.8) is 0 Å². The van der Waals surface area contributed by atoms with Gasteiger partial charge in [0.05, 0.1) is 0 Å². The Bertz CT molecular complexity index is 846. The van der Waals surface area contributed by atoms with Gasteiger partial charge < -0.3 is 14.2 Å². The molecule has 1 aliphatic heterocycles. The Morgan fingerprint density at radius 3 is 2.27 bits per heavy atom. The van der Waals surface area contributed by atoms with E-state index in [0.29, 0.717) is 17.9 Å². The summed E-state index contributed by atoms with van der Waals surface area (Å²) in [4.78, 5) is 24.2. The summed E-state index contributed by atoms with van der Waals surface area (Å²) in [5.41, 5.74) is 1.42. The van der Waals surface area contributed by atoms with E-state index in [1.807, 2.05) is 30.3 Å². The number of rotatable bonds is 4. The van der Waals surface area contributed by atoms with Crippen molar-refractivity contribution in [3.05, 3.63) is 69.7 Å². The van der Waals surface area contributed by atoms with E-state index in [2.05, 4.69) is 15.9 Å². The Kier molecular flexibility index (Phi) is 5.13. The smallest absolute Gasteiger partial charge is 0.348 e. The molecule has 0 aromatic heterocycles. The van der Waals surface area contributed by atoms with E-state index in [-0.39, 0.29) is 5.57 Å². The second kappa shape index (κ2) is 7.33. The number of hydrogen-bond acceptors (Lipinski definition) is 5. The molecule has 0 atom stereocenters. The molecule has 1 heterocycles. The lowest BCUT2D eigenvalue weighted by molar-refractivity contribution is -0.222. The minimum absolute atomic E-state index is 0.163. The molecule has 5 nitrogen and oxygen atoms in total. The Hall–Kier alpha value is -2.60. The fourth-order valence-corrected chi connectivity index (χ4v) is 2.67. The third-order valence-corrected chi connectivity index (χ3v) is 4.17. The molecule has 0 amide bonds. The van der Waals surface area contributed by atoms with Crippen molar-refractivity contribution >= 4 is 33.9 Å². The molecule has 2 aromatic rings. The van der Waals surface area contributed by atoms with Gasteiger partial charge in [0, 0.05) is 23.9 Å². The van der Waals surface area contributed by atoms with Gasteiger partial charge >= 0.3 is 11.9 Å². The second-order valence-electron chi connectivity index (χ2n) is 6.19. The largest absolute Gasteiger partial charge is 0.488 e. The van der Waals surface area contributed by atoms with Crippen molar-refractivity contribution in [1.82, 2.24) is 0 Å². The summed E-state index contributed by atoms with van der Waals surface area (Å²) < 4.78 is 17.1. The van der Waals surface area contributed by atoms with Crippen LogP contribution in [0, 0.1) is 0 Å². The maximum atomic E-state index is 12.1. The monoisotopic (exact) mass is 416 g/mol. The average Bonchev–Trinajstić information content (AvgIpc) is 2.58. The standard InChI is InChI=1S/C20H17BrO5/c1-20(2)25-18(22)16(19(23)26-20)11-14-5-3-4-6-17(14)24-12-13-7-9-15(21)10-8-13/h3-11H,12H2,1-2H3. The number of ether oxygens (including phenoxy) is 3. The van der Waals surface area contributed by atoms with Crippen LogP contribution in [0.4, 0.5) is 0 Å². The highest BCUT2D eigenvalue weighted by molar-refractivity contribution is 9.10. The molecule has 26 heavy (non-hydrogen) atoms. The highest BCUT2D eigenvalue weighted by atomic mass is 79.9. The second-order valence-corrected chi connectivity index (χ2v) is 7.11. The van der Waals surface area contributed by atoms with Crippen LogP contribution in [0.25, 0.3) is 6.08 Å². The van der Waals surface area contributed by atoms with Crippen molar-refractivity contribution in [2.75, 3.05) is 0 Å². The maximum Gasteiger partial charge on any atom is 0.348 e. The zero-order valence-electron chi connectivity index (χ0n) is 14.3. The molecule has 0 N–H and O–H groups in total. The number of benzene rings is 2. The van der Waals surface area contributed by atoms with Crippen molar-refractivity contribution in [1.29, 1.82) is 0 Å². The van der Waals surface area contributed by atoms with E-state index < -0.39 is 17.7 Å². The minimum Gasteiger partial charge on any atom is -0.488 e. The summed E-state index contributed by atoms with van der Waals surface area (Å²) in [5.74, 6) is -2.14. The van der Waals surface area contributed by atoms with Crippen LogP contribution in [-0.2, 0) is 25.7 Å². The lowest BCUT2D eigenvalue weighted by Crippen LogP contribution is -2.41.